The molecular weight excluding hydrogens is 264 g/mol. The van der Waals surface area contributed by atoms with Crippen LogP contribution in [0.3, 0.4) is 0 Å². The quantitative estimate of drug-likeness (QED) is 0.867. The summed E-state index contributed by atoms with van der Waals surface area (Å²) in [6, 6.07) is 0.318. The van der Waals surface area contributed by atoms with Gasteiger partial charge in [-0.3, -0.25) is 9.59 Å². The number of fused-ring (bicyclic) bond motifs is 2. The minimum atomic E-state index is 0.0987. The highest BCUT2D eigenvalue weighted by Gasteiger charge is 2.42. The van der Waals surface area contributed by atoms with E-state index < -0.39 is 0 Å². The average Bonchev–Trinajstić information content (AvgIpc) is 3.10. The van der Waals surface area contributed by atoms with Crippen LogP contribution in [0.1, 0.15) is 52.4 Å². The van der Waals surface area contributed by atoms with Crippen molar-refractivity contribution < 1.29 is 9.59 Å². The van der Waals surface area contributed by atoms with Crippen molar-refractivity contribution >= 4 is 11.8 Å². The predicted molar refractivity (Wildman–Crippen MR) is 81.5 cm³/mol. The van der Waals surface area contributed by atoms with E-state index in [-0.39, 0.29) is 17.7 Å². The number of carbonyl (C=O) groups excluding carboxylic acids is 2. The summed E-state index contributed by atoms with van der Waals surface area (Å²) in [5, 5.41) is 3.28. The fourth-order valence-electron chi connectivity index (χ4n) is 4.81. The number of amides is 2. The van der Waals surface area contributed by atoms with Gasteiger partial charge in [-0.15, -0.1) is 0 Å². The van der Waals surface area contributed by atoms with Gasteiger partial charge >= 0.3 is 0 Å². The van der Waals surface area contributed by atoms with Crippen LogP contribution in [-0.4, -0.2) is 35.8 Å². The Morgan fingerprint density at radius 3 is 2.33 bits per heavy atom. The molecule has 2 saturated carbocycles. The maximum atomic E-state index is 12.4. The zero-order chi connectivity index (χ0) is 15.0. The van der Waals surface area contributed by atoms with Crippen molar-refractivity contribution in [3.8, 4) is 0 Å². The van der Waals surface area contributed by atoms with Crippen molar-refractivity contribution in [2.24, 2.45) is 23.7 Å². The Kier molecular flexibility index (Phi) is 4.23. The maximum absolute atomic E-state index is 12.4. The molecule has 0 aromatic heterocycles. The summed E-state index contributed by atoms with van der Waals surface area (Å²) in [6.45, 7) is 5.26. The number of rotatable bonds is 3. The largest absolute Gasteiger partial charge is 0.353 e. The smallest absolute Gasteiger partial charge is 0.223 e. The average molecular weight is 292 g/mol. The second kappa shape index (κ2) is 5.98. The Morgan fingerprint density at radius 2 is 1.81 bits per heavy atom. The molecule has 1 N–H and O–H groups in total. The Hall–Kier alpha value is -1.06. The minimum Gasteiger partial charge on any atom is -0.353 e. The van der Waals surface area contributed by atoms with Crippen LogP contribution in [0.5, 0.6) is 0 Å². The van der Waals surface area contributed by atoms with Crippen LogP contribution in [0.2, 0.25) is 0 Å². The van der Waals surface area contributed by atoms with E-state index in [1.165, 1.54) is 25.7 Å². The molecule has 2 aliphatic carbocycles. The molecule has 118 valence electrons. The van der Waals surface area contributed by atoms with Gasteiger partial charge in [-0.05, 0) is 56.8 Å². The third kappa shape index (κ3) is 3.09. The first-order valence-corrected chi connectivity index (χ1v) is 8.60. The molecule has 0 spiro atoms. The number of piperidine rings is 1. The second-order valence-corrected chi connectivity index (χ2v) is 7.42. The molecule has 1 aliphatic heterocycles. The molecule has 3 rings (SSSR count). The van der Waals surface area contributed by atoms with E-state index in [0.29, 0.717) is 12.0 Å². The molecular formula is C17H28N2O2. The highest BCUT2D eigenvalue weighted by molar-refractivity contribution is 5.79. The van der Waals surface area contributed by atoms with Crippen LogP contribution < -0.4 is 5.32 Å². The van der Waals surface area contributed by atoms with Crippen LogP contribution in [0.4, 0.5) is 0 Å². The zero-order valence-corrected chi connectivity index (χ0v) is 13.3. The van der Waals surface area contributed by atoms with Crippen LogP contribution >= 0.6 is 0 Å². The van der Waals surface area contributed by atoms with Crippen molar-refractivity contribution in [3.63, 3.8) is 0 Å². The Bertz CT molecular complexity index is 415. The number of hydrogen-bond acceptors (Lipinski definition) is 2. The molecule has 21 heavy (non-hydrogen) atoms. The lowest BCUT2D eigenvalue weighted by molar-refractivity contribution is -0.134. The van der Waals surface area contributed by atoms with E-state index >= 15 is 0 Å². The summed E-state index contributed by atoms with van der Waals surface area (Å²) >= 11 is 0. The number of carbonyl (C=O) groups is 2. The standard InChI is InChI=1S/C17H28N2O2/c1-11(16-10-13-3-4-15(16)9-13)18-17(21)14-5-7-19(8-6-14)12(2)20/h11,13-16H,3-10H2,1-2H3,(H,18,21)/t11-,13-,15-,16+/m1/s1. The van der Waals surface area contributed by atoms with Crippen molar-refractivity contribution in [3.05, 3.63) is 0 Å². The molecule has 0 radical (unpaired) electrons. The summed E-state index contributed by atoms with van der Waals surface area (Å²) in [6.07, 6.45) is 7.11. The van der Waals surface area contributed by atoms with Gasteiger partial charge in [0.25, 0.3) is 0 Å². The van der Waals surface area contributed by atoms with E-state index in [0.717, 1.165) is 37.8 Å². The number of likely N-dealkylation sites (tertiary alicyclic amines) is 1. The van der Waals surface area contributed by atoms with Gasteiger partial charge in [0.05, 0.1) is 0 Å². The topological polar surface area (TPSA) is 49.4 Å². The maximum Gasteiger partial charge on any atom is 0.223 e. The highest BCUT2D eigenvalue weighted by atomic mass is 16.2. The van der Waals surface area contributed by atoms with Gasteiger partial charge in [0.15, 0.2) is 0 Å². The van der Waals surface area contributed by atoms with Crippen molar-refractivity contribution in [1.82, 2.24) is 10.2 Å². The van der Waals surface area contributed by atoms with E-state index in [1.54, 1.807) is 6.92 Å². The molecule has 0 aromatic rings. The SMILES string of the molecule is CC(=O)N1CCC(C(=O)N[C@H](C)[C@@H]2C[C@@H]3CC[C@@H]2C3)CC1. The van der Waals surface area contributed by atoms with Crippen molar-refractivity contribution in [2.75, 3.05) is 13.1 Å². The molecule has 3 fully saturated rings. The summed E-state index contributed by atoms with van der Waals surface area (Å²) in [5.74, 6) is 2.92. The monoisotopic (exact) mass is 292 g/mol. The lowest BCUT2D eigenvalue weighted by Crippen LogP contribution is -2.46. The Balaban J connectivity index is 1.47. The van der Waals surface area contributed by atoms with Crippen LogP contribution in [0.15, 0.2) is 0 Å². The Morgan fingerprint density at radius 1 is 1.10 bits per heavy atom. The van der Waals surface area contributed by atoms with Gasteiger partial charge in [0.1, 0.15) is 0 Å². The van der Waals surface area contributed by atoms with Crippen molar-refractivity contribution in [2.45, 2.75) is 58.4 Å². The fraction of sp³-hybridized carbons (Fsp3) is 0.882. The lowest BCUT2D eigenvalue weighted by atomic mass is 9.83. The molecule has 0 aromatic carbocycles. The third-order valence-corrected chi connectivity index (χ3v) is 6.12. The molecule has 1 heterocycles. The van der Waals surface area contributed by atoms with E-state index in [4.69, 9.17) is 0 Å². The van der Waals surface area contributed by atoms with Gasteiger partial charge in [-0.2, -0.15) is 0 Å². The fourth-order valence-corrected chi connectivity index (χ4v) is 4.81. The van der Waals surface area contributed by atoms with Gasteiger partial charge in [0, 0.05) is 32.0 Å². The second-order valence-electron chi connectivity index (χ2n) is 7.42. The lowest BCUT2D eigenvalue weighted by Gasteiger charge is -2.33. The minimum absolute atomic E-state index is 0.0987. The Labute approximate surface area is 127 Å². The van der Waals surface area contributed by atoms with Gasteiger partial charge in [0.2, 0.25) is 11.8 Å². The van der Waals surface area contributed by atoms with Crippen LogP contribution in [0.25, 0.3) is 0 Å². The van der Waals surface area contributed by atoms with E-state index in [9.17, 15) is 9.59 Å². The normalized spacial score (nSPS) is 34.0. The predicted octanol–water partition coefficient (Wildman–Crippen LogP) is 2.19. The van der Waals surface area contributed by atoms with Crippen molar-refractivity contribution in [1.29, 1.82) is 0 Å². The molecule has 0 unspecified atom stereocenters. The van der Waals surface area contributed by atoms with Gasteiger partial charge < -0.3 is 10.2 Å². The highest BCUT2D eigenvalue weighted by Crippen LogP contribution is 2.49. The third-order valence-electron chi connectivity index (χ3n) is 6.12. The molecule has 1 saturated heterocycles. The first-order chi connectivity index (χ1) is 10.0. The molecule has 4 heteroatoms. The summed E-state index contributed by atoms with van der Waals surface area (Å²) in [5.41, 5.74) is 0. The zero-order valence-electron chi connectivity index (χ0n) is 13.3. The van der Waals surface area contributed by atoms with Crippen LogP contribution in [-0.2, 0) is 9.59 Å². The number of nitrogens with zero attached hydrogens (tertiary/aromatic N) is 1. The molecule has 4 nitrogen and oxygen atoms in total. The van der Waals surface area contributed by atoms with E-state index in [1.807, 2.05) is 4.90 Å². The molecule has 4 atom stereocenters. The van der Waals surface area contributed by atoms with Crippen LogP contribution in [0, 0.1) is 23.7 Å². The summed E-state index contributed by atoms with van der Waals surface area (Å²) in [7, 11) is 0. The molecule has 3 aliphatic rings. The number of hydrogen-bond donors (Lipinski definition) is 1. The van der Waals surface area contributed by atoms with E-state index in [2.05, 4.69) is 12.2 Å². The van der Waals surface area contributed by atoms with Gasteiger partial charge in [-0.25, -0.2) is 0 Å². The molecule has 2 bridgehead atoms. The molecule has 2 amide bonds. The first kappa shape index (κ1) is 14.9. The van der Waals surface area contributed by atoms with Gasteiger partial charge in [-0.1, -0.05) is 6.42 Å². The first-order valence-electron chi connectivity index (χ1n) is 8.60. The summed E-state index contributed by atoms with van der Waals surface area (Å²) < 4.78 is 0. The summed E-state index contributed by atoms with van der Waals surface area (Å²) in [4.78, 5) is 25.6. The number of nitrogens with one attached hydrogen (secondary N) is 1.